The van der Waals surface area contributed by atoms with Gasteiger partial charge in [0.1, 0.15) is 5.82 Å². The van der Waals surface area contributed by atoms with Crippen molar-refractivity contribution in [3.05, 3.63) is 40.8 Å². The maximum absolute atomic E-state index is 12.9. The van der Waals surface area contributed by atoms with Crippen molar-refractivity contribution in [2.45, 2.75) is 38.9 Å². The Morgan fingerprint density at radius 3 is 2.68 bits per heavy atom. The van der Waals surface area contributed by atoms with E-state index in [-0.39, 0.29) is 5.28 Å². The van der Waals surface area contributed by atoms with E-state index >= 15 is 0 Å². The molecule has 1 N–H and O–H groups in total. The first-order valence-electron chi connectivity index (χ1n) is 8.01. The molecular weight excluding hydrogens is 360 g/mol. The van der Waals surface area contributed by atoms with E-state index in [4.69, 9.17) is 11.6 Å². The molecule has 0 fully saturated rings. The number of nitrogens with zero attached hydrogens (tertiary/aromatic N) is 3. The van der Waals surface area contributed by atoms with Crippen LogP contribution in [0.3, 0.4) is 0 Å². The lowest BCUT2D eigenvalue weighted by Crippen LogP contribution is -2.42. The number of rotatable bonds is 3. The summed E-state index contributed by atoms with van der Waals surface area (Å²) in [5, 5.41) is 3.35. The highest BCUT2D eigenvalue weighted by Crippen LogP contribution is 2.36. The van der Waals surface area contributed by atoms with E-state index in [1.165, 1.54) is 4.31 Å². The van der Waals surface area contributed by atoms with Crippen LogP contribution in [-0.4, -0.2) is 29.7 Å². The van der Waals surface area contributed by atoms with Crippen molar-refractivity contribution in [1.29, 1.82) is 0 Å². The molecule has 0 bridgehead atoms. The number of aryl methyl sites for hydroxylation is 1. The summed E-state index contributed by atoms with van der Waals surface area (Å²) in [5.41, 5.74) is 3.35. The maximum Gasteiger partial charge on any atom is 0.240 e. The summed E-state index contributed by atoms with van der Waals surface area (Å²) in [6.45, 7) is 7.50. The van der Waals surface area contributed by atoms with Crippen LogP contribution in [0.25, 0.3) is 0 Å². The molecule has 0 saturated carbocycles. The Morgan fingerprint density at radius 1 is 1.28 bits per heavy atom. The van der Waals surface area contributed by atoms with Gasteiger partial charge in [0.2, 0.25) is 15.3 Å². The lowest BCUT2D eigenvalue weighted by atomic mass is 10.1. The fourth-order valence-electron chi connectivity index (χ4n) is 2.69. The molecule has 1 aliphatic rings. The molecule has 0 spiro atoms. The number of benzene rings is 1. The van der Waals surface area contributed by atoms with E-state index < -0.39 is 14.8 Å². The first-order valence-corrected chi connectivity index (χ1v) is 9.83. The van der Waals surface area contributed by atoms with Gasteiger partial charge in [0.25, 0.3) is 0 Å². The predicted octanol–water partition coefficient (Wildman–Crippen LogP) is 3.67. The third kappa shape index (κ3) is 3.30. The molecule has 6 nitrogen and oxygen atoms in total. The average molecular weight is 381 g/mol. The summed E-state index contributed by atoms with van der Waals surface area (Å²) in [4.78, 5) is 8.12. The zero-order valence-electron chi connectivity index (χ0n) is 14.7. The van der Waals surface area contributed by atoms with Gasteiger partial charge in [0.15, 0.2) is 0 Å². The van der Waals surface area contributed by atoms with Crippen LogP contribution in [0.5, 0.6) is 0 Å². The zero-order chi connectivity index (χ0) is 18.4. The fourth-order valence-corrected chi connectivity index (χ4v) is 4.25. The SMILES string of the molecule is Cc1cnc(Cl)nc1Nc1ccc2c(c1)N(S(=O)(=O)C(C)(C)C)CC2. The molecule has 134 valence electrons. The van der Waals surface area contributed by atoms with Crippen molar-refractivity contribution in [2.24, 2.45) is 0 Å². The number of aromatic nitrogens is 2. The number of halogens is 1. The first kappa shape index (κ1) is 17.9. The van der Waals surface area contributed by atoms with Crippen LogP contribution in [0.2, 0.25) is 5.28 Å². The summed E-state index contributed by atoms with van der Waals surface area (Å²) in [6, 6.07) is 5.72. The quantitative estimate of drug-likeness (QED) is 0.822. The van der Waals surface area contributed by atoms with Crippen LogP contribution in [0.4, 0.5) is 17.2 Å². The third-order valence-electron chi connectivity index (χ3n) is 4.21. The predicted molar refractivity (Wildman–Crippen MR) is 101 cm³/mol. The van der Waals surface area contributed by atoms with E-state index in [0.29, 0.717) is 18.8 Å². The second-order valence-corrected chi connectivity index (χ2v) is 10.0. The van der Waals surface area contributed by atoms with Crippen LogP contribution >= 0.6 is 11.6 Å². The van der Waals surface area contributed by atoms with Crippen LogP contribution in [0.15, 0.2) is 24.4 Å². The van der Waals surface area contributed by atoms with E-state index in [1.54, 1.807) is 27.0 Å². The highest BCUT2D eigenvalue weighted by molar-refractivity contribution is 7.94. The van der Waals surface area contributed by atoms with Crippen molar-refractivity contribution in [3.63, 3.8) is 0 Å². The topological polar surface area (TPSA) is 75.2 Å². The third-order valence-corrected chi connectivity index (χ3v) is 6.90. The van der Waals surface area contributed by atoms with Crippen molar-refractivity contribution >= 4 is 38.8 Å². The summed E-state index contributed by atoms with van der Waals surface area (Å²) in [6.07, 6.45) is 2.35. The molecule has 0 radical (unpaired) electrons. The Hall–Kier alpha value is -1.86. The van der Waals surface area contributed by atoms with Crippen LogP contribution in [0, 0.1) is 6.92 Å². The van der Waals surface area contributed by atoms with Gasteiger partial charge in [-0.3, -0.25) is 4.31 Å². The molecule has 0 aliphatic carbocycles. The summed E-state index contributed by atoms with van der Waals surface area (Å²) < 4.78 is 26.4. The zero-order valence-corrected chi connectivity index (χ0v) is 16.2. The number of hydrogen-bond donors (Lipinski definition) is 1. The van der Waals surface area contributed by atoms with E-state index in [2.05, 4.69) is 15.3 Å². The number of nitrogens with one attached hydrogen (secondary N) is 1. The van der Waals surface area contributed by atoms with Crippen molar-refractivity contribution in [2.75, 3.05) is 16.2 Å². The minimum atomic E-state index is -3.44. The van der Waals surface area contributed by atoms with Crippen molar-refractivity contribution < 1.29 is 8.42 Å². The molecule has 2 heterocycles. The summed E-state index contributed by atoms with van der Waals surface area (Å²) in [5.74, 6) is 0.600. The normalized spacial score (nSPS) is 14.5. The van der Waals surface area contributed by atoms with Gasteiger partial charge < -0.3 is 5.32 Å². The molecule has 0 saturated heterocycles. The fraction of sp³-hybridized carbons (Fsp3) is 0.412. The van der Waals surface area contributed by atoms with E-state index in [9.17, 15) is 8.42 Å². The largest absolute Gasteiger partial charge is 0.340 e. The second-order valence-electron chi connectivity index (χ2n) is 7.08. The Morgan fingerprint density at radius 2 is 2.00 bits per heavy atom. The monoisotopic (exact) mass is 380 g/mol. The molecule has 8 heteroatoms. The highest BCUT2D eigenvalue weighted by Gasteiger charge is 2.38. The van der Waals surface area contributed by atoms with Crippen LogP contribution < -0.4 is 9.62 Å². The molecule has 0 atom stereocenters. The summed E-state index contributed by atoms with van der Waals surface area (Å²) >= 11 is 5.86. The Labute approximate surface area is 153 Å². The molecule has 1 aromatic carbocycles. The molecule has 0 amide bonds. The Kier molecular flexibility index (Phi) is 4.41. The molecule has 0 unspecified atom stereocenters. The van der Waals surface area contributed by atoms with E-state index in [1.807, 2.05) is 25.1 Å². The number of hydrogen-bond acceptors (Lipinski definition) is 5. The molecule has 1 aromatic heterocycles. The van der Waals surface area contributed by atoms with Gasteiger partial charge in [-0.15, -0.1) is 0 Å². The van der Waals surface area contributed by atoms with Crippen molar-refractivity contribution in [3.8, 4) is 0 Å². The lowest BCUT2D eigenvalue weighted by molar-refractivity contribution is 0.556. The van der Waals surface area contributed by atoms with Gasteiger partial charge >= 0.3 is 0 Å². The van der Waals surface area contributed by atoms with Gasteiger partial charge in [-0.25, -0.2) is 18.4 Å². The van der Waals surface area contributed by atoms with E-state index in [0.717, 1.165) is 22.5 Å². The van der Waals surface area contributed by atoms with Crippen LogP contribution in [-0.2, 0) is 16.4 Å². The second kappa shape index (κ2) is 6.14. The van der Waals surface area contributed by atoms with Gasteiger partial charge in [-0.05, 0) is 63.4 Å². The molecule has 1 aliphatic heterocycles. The van der Waals surface area contributed by atoms with Crippen molar-refractivity contribution in [1.82, 2.24) is 9.97 Å². The number of fused-ring (bicyclic) bond motifs is 1. The highest BCUT2D eigenvalue weighted by atomic mass is 35.5. The van der Waals surface area contributed by atoms with Gasteiger partial charge in [-0.2, -0.15) is 0 Å². The minimum absolute atomic E-state index is 0.159. The average Bonchev–Trinajstić information content (AvgIpc) is 2.93. The first-order chi connectivity index (χ1) is 11.6. The Bertz CT molecular complexity index is 923. The molecule has 3 rings (SSSR count). The smallest absolute Gasteiger partial charge is 0.240 e. The maximum atomic E-state index is 12.9. The lowest BCUT2D eigenvalue weighted by Gasteiger charge is -2.28. The van der Waals surface area contributed by atoms with Gasteiger partial charge in [0, 0.05) is 24.0 Å². The summed E-state index contributed by atoms with van der Waals surface area (Å²) in [7, 11) is -3.44. The minimum Gasteiger partial charge on any atom is -0.340 e. The molecule has 2 aromatic rings. The standard InChI is InChI=1S/C17H21ClN4O2S/c1-11-10-19-16(18)21-15(11)20-13-6-5-12-7-8-22(14(12)9-13)25(23,24)17(2,3)4/h5-6,9-10H,7-8H2,1-4H3,(H,19,20,21). The molecule has 25 heavy (non-hydrogen) atoms. The van der Waals surface area contributed by atoms with Gasteiger partial charge in [0.05, 0.1) is 10.4 Å². The Balaban J connectivity index is 1.97. The van der Waals surface area contributed by atoms with Crippen LogP contribution in [0.1, 0.15) is 31.9 Å². The number of sulfonamides is 1. The number of anilines is 3. The molecular formula is C17H21ClN4O2S. The van der Waals surface area contributed by atoms with Gasteiger partial charge in [-0.1, -0.05) is 6.07 Å².